The molecular formula is C52H64N4O10Si2. The maximum atomic E-state index is 11.6. The molecule has 0 spiro atoms. The van der Waals surface area contributed by atoms with E-state index in [4.69, 9.17) is 29.3 Å². The summed E-state index contributed by atoms with van der Waals surface area (Å²) in [6.45, 7) is 23.6. The Morgan fingerprint density at radius 3 is 1.21 bits per heavy atom. The number of carbonyl (C=O) groups excluding carboxylic acids is 2. The van der Waals surface area contributed by atoms with Gasteiger partial charge in [0.1, 0.15) is 0 Å². The molecule has 360 valence electrons. The Morgan fingerprint density at radius 2 is 0.824 bits per heavy atom. The van der Waals surface area contributed by atoms with Gasteiger partial charge in [-0.1, -0.05) is 90.1 Å². The number of Topliss-reactive ketones (excluding diaryl/α,β-unsaturated/α-hetero) is 2. The molecule has 8 N–H and O–H groups in total. The lowest BCUT2D eigenvalue weighted by atomic mass is 10.1. The van der Waals surface area contributed by atoms with E-state index in [-0.39, 0.29) is 34.4 Å². The van der Waals surface area contributed by atoms with E-state index in [1.54, 1.807) is 24.3 Å². The Kier molecular flexibility index (Phi) is 16.8. The smallest absolute Gasteiger partial charge is 0.377 e. The van der Waals surface area contributed by atoms with Crippen molar-refractivity contribution in [2.45, 2.75) is 104 Å². The minimum atomic E-state index is -1.82. The Bertz CT molecular complexity index is 3040. The molecular weight excluding hydrogens is 897 g/mol. The fourth-order valence-electron chi connectivity index (χ4n) is 6.48. The molecule has 4 heterocycles. The highest BCUT2D eigenvalue weighted by molar-refractivity contribution is 6.74. The van der Waals surface area contributed by atoms with Gasteiger partial charge >= 0.3 is 11.9 Å². The first-order valence-electron chi connectivity index (χ1n) is 22.2. The third kappa shape index (κ3) is 13.0. The second-order valence-electron chi connectivity index (χ2n) is 19.6. The SMILES string of the molecule is CC(C)(C)[Si](C)(C)OCc1ccc2c(C(=O)C(=O)O)c[nH]c2c1.CC(C)(C)[Si](C)(C)OCc1ccc2cc[nH]c2c1.O=C(O)C(=O)c1c[nH]c2cc(CO)ccc12.OCc1ccc2cc[nH]c2c1. The molecule has 68 heavy (non-hydrogen) atoms. The molecule has 0 unspecified atom stereocenters. The predicted octanol–water partition coefficient (Wildman–Crippen LogP) is 11.2. The molecule has 0 atom stereocenters. The normalized spacial score (nSPS) is 11.9. The van der Waals surface area contributed by atoms with Gasteiger partial charge in [0.15, 0.2) is 16.6 Å². The number of aliphatic carboxylic acids is 2. The third-order valence-corrected chi connectivity index (χ3v) is 21.7. The van der Waals surface area contributed by atoms with E-state index in [0.717, 1.165) is 22.2 Å². The minimum absolute atomic E-state index is 0.100. The summed E-state index contributed by atoms with van der Waals surface area (Å²) in [5.41, 5.74) is 7.85. The molecule has 4 aromatic carbocycles. The van der Waals surface area contributed by atoms with Gasteiger partial charge in [-0.15, -0.1) is 0 Å². The van der Waals surface area contributed by atoms with Crippen LogP contribution in [0.5, 0.6) is 0 Å². The van der Waals surface area contributed by atoms with Gasteiger partial charge in [0.25, 0.3) is 11.6 Å². The molecule has 8 aromatic rings. The van der Waals surface area contributed by atoms with Crippen molar-refractivity contribution in [3.8, 4) is 0 Å². The van der Waals surface area contributed by atoms with Crippen molar-refractivity contribution in [3.63, 3.8) is 0 Å². The fourth-order valence-corrected chi connectivity index (χ4v) is 8.40. The Balaban J connectivity index is 0.000000174. The first kappa shape index (κ1) is 52.6. The molecule has 0 aliphatic heterocycles. The van der Waals surface area contributed by atoms with Crippen LogP contribution in [0.4, 0.5) is 0 Å². The molecule has 4 aromatic heterocycles. The summed E-state index contributed by atoms with van der Waals surface area (Å²) in [6.07, 6.45) is 6.68. The average molecular weight is 961 g/mol. The first-order valence-corrected chi connectivity index (χ1v) is 28.0. The Labute approximate surface area is 398 Å². The van der Waals surface area contributed by atoms with Crippen LogP contribution in [0.15, 0.2) is 110 Å². The molecule has 8 rings (SSSR count). The van der Waals surface area contributed by atoms with Gasteiger partial charge in [0, 0.05) is 57.6 Å². The number of aliphatic hydroxyl groups is 2. The molecule has 0 saturated carbocycles. The van der Waals surface area contributed by atoms with Gasteiger partial charge in [-0.2, -0.15) is 0 Å². The standard InChI is InChI=1S/C17H23NO4Si.C15H23NOSi.C11H9NO4.C9H9NO/c1-17(2,3)23(4,5)22-10-11-6-7-12-13(15(19)16(20)21)9-18-14(12)8-11;1-15(2,3)18(4,5)17-11-12-6-7-13-8-9-16-14(13)10-12;13-5-6-1-2-7-8(10(14)11(15)16)4-12-9(7)3-6;11-6-7-1-2-8-3-4-10-9(8)5-7/h6-9,18H,10H2,1-5H3,(H,20,21);6-10,16H,11H2,1-5H3;1-4,12-13H,5H2,(H,15,16);1-5,10-11H,6H2. The minimum Gasteiger partial charge on any atom is -0.475 e. The molecule has 16 heteroatoms. The lowest BCUT2D eigenvalue weighted by Gasteiger charge is -2.36. The Morgan fingerprint density at radius 1 is 0.485 bits per heavy atom. The summed E-state index contributed by atoms with van der Waals surface area (Å²) in [6, 6.07) is 27.0. The number of benzene rings is 4. The molecule has 14 nitrogen and oxygen atoms in total. The van der Waals surface area contributed by atoms with Crippen LogP contribution in [0.3, 0.4) is 0 Å². The van der Waals surface area contributed by atoms with E-state index in [1.807, 2.05) is 48.8 Å². The van der Waals surface area contributed by atoms with E-state index in [0.29, 0.717) is 35.1 Å². The van der Waals surface area contributed by atoms with Gasteiger partial charge in [-0.25, -0.2) is 9.59 Å². The highest BCUT2D eigenvalue weighted by Gasteiger charge is 2.38. The maximum absolute atomic E-state index is 11.6. The zero-order valence-corrected chi connectivity index (χ0v) is 42.5. The van der Waals surface area contributed by atoms with Crippen molar-refractivity contribution in [1.29, 1.82) is 0 Å². The van der Waals surface area contributed by atoms with Gasteiger partial charge in [-0.05, 0) is 106 Å². The number of carbonyl (C=O) groups is 4. The van der Waals surface area contributed by atoms with Gasteiger partial charge in [0.05, 0.1) is 37.6 Å². The van der Waals surface area contributed by atoms with Crippen molar-refractivity contribution >= 4 is 83.8 Å². The fraction of sp³-hybridized carbons (Fsp3) is 0.308. The van der Waals surface area contributed by atoms with Crippen molar-refractivity contribution < 1.29 is 48.5 Å². The topological polar surface area (TPSA) is 231 Å². The van der Waals surface area contributed by atoms with Crippen molar-refractivity contribution in [3.05, 3.63) is 143 Å². The summed E-state index contributed by atoms with van der Waals surface area (Å²) in [7, 11) is -3.47. The van der Waals surface area contributed by atoms with Crippen molar-refractivity contribution in [1.82, 2.24) is 19.9 Å². The van der Waals surface area contributed by atoms with Crippen LogP contribution in [0.1, 0.15) is 84.5 Å². The van der Waals surface area contributed by atoms with Crippen LogP contribution < -0.4 is 0 Å². The third-order valence-electron chi connectivity index (χ3n) is 12.8. The van der Waals surface area contributed by atoms with E-state index in [1.165, 1.54) is 34.2 Å². The number of carboxylic acids is 2. The van der Waals surface area contributed by atoms with Crippen LogP contribution in [0.2, 0.25) is 36.3 Å². The highest BCUT2D eigenvalue weighted by atomic mass is 28.4. The van der Waals surface area contributed by atoms with Crippen LogP contribution in [-0.2, 0) is 44.9 Å². The average Bonchev–Trinajstić information content (AvgIpc) is 4.13. The number of aliphatic hydroxyl groups excluding tert-OH is 2. The number of fused-ring (bicyclic) bond motifs is 4. The molecule has 0 aliphatic carbocycles. The summed E-state index contributed by atoms with van der Waals surface area (Å²) < 4.78 is 12.4. The molecule has 0 radical (unpaired) electrons. The molecule has 0 aliphatic rings. The van der Waals surface area contributed by atoms with E-state index >= 15 is 0 Å². The first-order chi connectivity index (χ1) is 31.8. The van der Waals surface area contributed by atoms with E-state index < -0.39 is 40.1 Å². The number of hydrogen-bond donors (Lipinski definition) is 8. The number of H-pyrrole nitrogens is 4. The van der Waals surface area contributed by atoms with Gasteiger partial charge < -0.3 is 49.2 Å². The molecule has 0 bridgehead atoms. The lowest BCUT2D eigenvalue weighted by molar-refractivity contribution is -0.132. The Hall–Kier alpha value is -6.41. The van der Waals surface area contributed by atoms with Crippen LogP contribution in [0, 0.1) is 0 Å². The molecule has 0 amide bonds. The summed E-state index contributed by atoms with van der Waals surface area (Å²) in [5.74, 6) is -4.77. The second kappa shape index (κ2) is 21.7. The van der Waals surface area contributed by atoms with E-state index in [9.17, 15) is 19.2 Å². The monoisotopic (exact) mass is 960 g/mol. The number of hydrogen-bond acceptors (Lipinski definition) is 8. The quantitative estimate of drug-likeness (QED) is 0.0328. The number of aromatic amines is 4. The molecule has 0 fully saturated rings. The van der Waals surface area contributed by atoms with Crippen LogP contribution >= 0.6 is 0 Å². The van der Waals surface area contributed by atoms with Crippen molar-refractivity contribution in [2.24, 2.45) is 0 Å². The number of carboxylic acid groups (broad SMARTS) is 2. The zero-order chi connectivity index (χ0) is 50.2. The summed E-state index contributed by atoms with van der Waals surface area (Å²) in [4.78, 5) is 56.4. The number of rotatable bonds is 12. The zero-order valence-electron chi connectivity index (χ0n) is 40.5. The van der Waals surface area contributed by atoms with Crippen LogP contribution in [0.25, 0.3) is 43.6 Å². The summed E-state index contributed by atoms with van der Waals surface area (Å²) in [5, 5.41) is 39.2. The predicted molar refractivity (Wildman–Crippen MR) is 273 cm³/mol. The largest absolute Gasteiger partial charge is 0.475 e. The number of ketones is 2. The van der Waals surface area contributed by atoms with Crippen LogP contribution in [-0.4, -0.2) is 80.5 Å². The lowest BCUT2D eigenvalue weighted by Crippen LogP contribution is -2.40. The van der Waals surface area contributed by atoms with E-state index in [2.05, 4.69) is 112 Å². The second-order valence-corrected chi connectivity index (χ2v) is 29.3. The maximum Gasteiger partial charge on any atom is 0.377 e. The van der Waals surface area contributed by atoms with Gasteiger partial charge in [0.2, 0.25) is 0 Å². The summed E-state index contributed by atoms with van der Waals surface area (Å²) >= 11 is 0. The highest BCUT2D eigenvalue weighted by Crippen LogP contribution is 2.38. The number of nitrogens with one attached hydrogen (secondary N) is 4. The number of aromatic nitrogens is 4. The van der Waals surface area contributed by atoms with Crippen molar-refractivity contribution in [2.75, 3.05) is 0 Å². The van der Waals surface area contributed by atoms with Gasteiger partial charge in [-0.3, -0.25) is 9.59 Å². The molecule has 0 saturated heterocycles.